The average molecular weight is 564 g/mol. The molecular formula is C33H29N3O6. The molecule has 0 fully saturated rings. The molecule has 0 aliphatic rings. The van der Waals surface area contributed by atoms with Gasteiger partial charge < -0.3 is 14.6 Å². The number of amides is 1. The van der Waals surface area contributed by atoms with Crippen LogP contribution in [0.5, 0.6) is 0 Å². The number of anilines is 1. The summed E-state index contributed by atoms with van der Waals surface area (Å²) in [5.41, 5.74) is 3.28. The number of carboxylic acids is 1. The highest BCUT2D eigenvalue weighted by molar-refractivity contribution is 5.90. The Labute approximate surface area is 243 Å². The number of ether oxygens (including phenoxy) is 2. The maximum atomic E-state index is 13.2. The Morgan fingerprint density at radius 1 is 0.786 bits per heavy atom. The van der Waals surface area contributed by atoms with Gasteiger partial charge in [-0.05, 0) is 41.0 Å². The van der Waals surface area contributed by atoms with Crippen LogP contribution in [0, 0.1) is 0 Å². The Kier molecular flexibility index (Phi) is 8.42. The predicted octanol–water partition coefficient (Wildman–Crippen LogP) is 6.27. The molecule has 1 heterocycles. The van der Waals surface area contributed by atoms with Crippen LogP contribution in [-0.2, 0) is 19.7 Å². The van der Waals surface area contributed by atoms with Gasteiger partial charge in [0.2, 0.25) is 0 Å². The lowest BCUT2D eigenvalue weighted by molar-refractivity contribution is -0.137. The van der Waals surface area contributed by atoms with Gasteiger partial charge >= 0.3 is 12.1 Å². The van der Waals surface area contributed by atoms with Gasteiger partial charge in [-0.15, -0.1) is 0 Å². The van der Waals surface area contributed by atoms with Crippen LogP contribution in [0.25, 0.3) is 0 Å². The van der Waals surface area contributed by atoms with Crippen molar-refractivity contribution >= 4 is 17.7 Å². The van der Waals surface area contributed by atoms with E-state index in [-0.39, 0.29) is 11.3 Å². The van der Waals surface area contributed by atoms with Gasteiger partial charge in [-0.2, -0.15) is 5.06 Å². The number of rotatable bonds is 10. The molecule has 0 radical (unpaired) electrons. The van der Waals surface area contributed by atoms with E-state index in [2.05, 4.69) is 36.4 Å². The van der Waals surface area contributed by atoms with Crippen molar-refractivity contribution in [1.29, 1.82) is 0 Å². The Morgan fingerprint density at radius 3 is 1.71 bits per heavy atom. The van der Waals surface area contributed by atoms with E-state index in [0.29, 0.717) is 5.69 Å². The van der Waals surface area contributed by atoms with E-state index in [4.69, 9.17) is 19.3 Å². The Morgan fingerprint density at radius 2 is 1.29 bits per heavy atom. The van der Waals surface area contributed by atoms with Gasteiger partial charge in [0.15, 0.2) is 0 Å². The highest BCUT2D eigenvalue weighted by atomic mass is 16.8. The molecule has 1 unspecified atom stereocenters. The maximum Gasteiger partial charge on any atom is 0.442 e. The molecule has 1 N–H and O–H groups in total. The maximum absolute atomic E-state index is 13.2. The molecule has 0 aliphatic heterocycles. The number of carboxylic acid groups (broad SMARTS) is 1. The number of aromatic nitrogens is 2. The summed E-state index contributed by atoms with van der Waals surface area (Å²) < 4.78 is 12.8. The fourth-order valence-electron chi connectivity index (χ4n) is 5.04. The van der Waals surface area contributed by atoms with Gasteiger partial charge in [-0.25, -0.2) is 14.6 Å². The number of aromatic carboxylic acids is 1. The van der Waals surface area contributed by atoms with Crippen LogP contribution < -0.4 is 5.06 Å². The third-order valence-electron chi connectivity index (χ3n) is 6.95. The summed E-state index contributed by atoms with van der Waals surface area (Å²) in [6, 6.07) is 35.9. The lowest BCUT2D eigenvalue weighted by Gasteiger charge is -2.34. The monoisotopic (exact) mass is 563 g/mol. The van der Waals surface area contributed by atoms with Gasteiger partial charge in [0.25, 0.3) is 6.41 Å². The minimum atomic E-state index is -1.19. The van der Waals surface area contributed by atoms with Crippen LogP contribution in [0.3, 0.4) is 0 Å². The lowest BCUT2D eigenvalue weighted by atomic mass is 9.67. The summed E-state index contributed by atoms with van der Waals surface area (Å²) in [6.07, 6.45) is 1.30. The number of imidazole rings is 1. The van der Waals surface area contributed by atoms with Crippen molar-refractivity contribution in [3.05, 3.63) is 156 Å². The average Bonchev–Trinajstić information content (AvgIpc) is 3.53. The molecule has 1 amide bonds. The van der Waals surface area contributed by atoms with Gasteiger partial charge in [0.05, 0.1) is 35.8 Å². The van der Waals surface area contributed by atoms with Gasteiger partial charge in [-0.3, -0.25) is 9.40 Å². The number of hydrogen-bond donors (Lipinski definition) is 1. The quantitative estimate of drug-likeness (QED) is 0.121. The van der Waals surface area contributed by atoms with E-state index in [1.807, 2.05) is 54.6 Å². The molecule has 1 aromatic heterocycles. The van der Waals surface area contributed by atoms with E-state index < -0.39 is 23.9 Å². The number of hydroxylamine groups is 1. The van der Waals surface area contributed by atoms with Crippen molar-refractivity contribution in [3.8, 4) is 0 Å². The van der Waals surface area contributed by atoms with Gasteiger partial charge in [0.1, 0.15) is 0 Å². The van der Waals surface area contributed by atoms with Gasteiger partial charge in [0, 0.05) is 13.3 Å². The number of hydrogen-bond acceptors (Lipinski definition) is 6. The molecule has 5 rings (SSSR count). The second-order valence-electron chi connectivity index (χ2n) is 9.31. The highest BCUT2D eigenvalue weighted by Crippen LogP contribution is 2.44. The molecule has 9 nitrogen and oxygen atoms in total. The van der Waals surface area contributed by atoms with E-state index >= 15 is 0 Å². The van der Waals surface area contributed by atoms with Crippen LogP contribution in [0.1, 0.15) is 39.2 Å². The molecule has 0 saturated heterocycles. The van der Waals surface area contributed by atoms with Crippen molar-refractivity contribution in [1.82, 2.24) is 9.55 Å². The highest BCUT2D eigenvalue weighted by Gasteiger charge is 2.40. The normalized spacial score (nSPS) is 12.0. The molecule has 212 valence electrons. The number of methoxy groups -OCH3 is 1. The first kappa shape index (κ1) is 28.3. The molecule has 0 spiro atoms. The second-order valence-corrected chi connectivity index (χ2v) is 9.31. The topological polar surface area (TPSA) is 103 Å². The molecule has 0 bridgehead atoms. The standard InChI is InChI=1S/C33H29N3O6/c1-40-32(42-31(39)36(41-2)28-20-18-24(19-21-28)30(37)38)35-22-29(34-23-35)33(25-12-6-3-7-13-25,26-14-8-4-9-15-26)27-16-10-5-11-17-27/h3-23,32H,1-2H3,(H,37,38). The van der Waals surface area contributed by atoms with E-state index in [0.717, 1.165) is 21.8 Å². The number of carbonyl (C=O) groups is 2. The number of benzene rings is 4. The van der Waals surface area contributed by atoms with Gasteiger partial charge in [-0.1, -0.05) is 91.0 Å². The lowest BCUT2D eigenvalue weighted by Crippen LogP contribution is -2.33. The summed E-state index contributed by atoms with van der Waals surface area (Å²) in [5.74, 6) is -1.08. The molecule has 9 heteroatoms. The summed E-state index contributed by atoms with van der Waals surface area (Å²) >= 11 is 0. The van der Waals surface area contributed by atoms with Crippen LogP contribution in [-0.4, -0.2) is 40.9 Å². The second kappa shape index (κ2) is 12.5. The molecule has 4 aromatic carbocycles. The predicted molar refractivity (Wildman–Crippen MR) is 156 cm³/mol. The number of carbonyl (C=O) groups excluding carboxylic acids is 1. The van der Waals surface area contributed by atoms with E-state index in [1.54, 1.807) is 17.1 Å². The first-order chi connectivity index (χ1) is 20.5. The van der Waals surface area contributed by atoms with Crippen molar-refractivity contribution < 1.29 is 29.0 Å². The Balaban J connectivity index is 1.53. The fourth-order valence-corrected chi connectivity index (χ4v) is 5.04. The number of nitrogens with zero attached hydrogens (tertiary/aromatic N) is 3. The van der Waals surface area contributed by atoms with Crippen molar-refractivity contribution in [2.45, 2.75) is 11.8 Å². The molecule has 42 heavy (non-hydrogen) atoms. The van der Waals surface area contributed by atoms with E-state index in [1.165, 1.54) is 38.5 Å². The molecule has 0 saturated carbocycles. The van der Waals surface area contributed by atoms with E-state index in [9.17, 15) is 14.7 Å². The largest absolute Gasteiger partial charge is 0.478 e. The summed E-state index contributed by atoms with van der Waals surface area (Å²) in [5, 5.41) is 10.1. The van der Waals surface area contributed by atoms with Crippen LogP contribution >= 0.6 is 0 Å². The first-order valence-electron chi connectivity index (χ1n) is 13.1. The summed E-state index contributed by atoms with van der Waals surface area (Å²) in [7, 11) is 2.71. The third-order valence-corrected chi connectivity index (χ3v) is 6.95. The third kappa shape index (κ3) is 5.38. The van der Waals surface area contributed by atoms with Crippen molar-refractivity contribution in [3.63, 3.8) is 0 Å². The van der Waals surface area contributed by atoms with Crippen LogP contribution in [0.15, 0.2) is 128 Å². The molecular weight excluding hydrogens is 534 g/mol. The summed E-state index contributed by atoms with van der Waals surface area (Å²) in [4.78, 5) is 34.4. The molecule has 0 aliphatic carbocycles. The fraction of sp³-hybridized carbons (Fsp3) is 0.121. The van der Waals surface area contributed by atoms with Crippen LogP contribution in [0.4, 0.5) is 10.5 Å². The molecule has 1 atom stereocenters. The minimum absolute atomic E-state index is 0.0719. The summed E-state index contributed by atoms with van der Waals surface area (Å²) in [6.45, 7) is 0. The Hall–Kier alpha value is -5.25. The van der Waals surface area contributed by atoms with Crippen molar-refractivity contribution in [2.75, 3.05) is 19.3 Å². The zero-order valence-electron chi connectivity index (χ0n) is 23.0. The Bertz CT molecular complexity index is 1530. The first-order valence-corrected chi connectivity index (χ1v) is 13.1. The smallest absolute Gasteiger partial charge is 0.442 e. The van der Waals surface area contributed by atoms with Crippen LogP contribution in [0.2, 0.25) is 0 Å². The zero-order valence-corrected chi connectivity index (χ0v) is 23.0. The minimum Gasteiger partial charge on any atom is -0.478 e. The zero-order chi connectivity index (χ0) is 29.5. The SMILES string of the molecule is COC(OC(=O)N(OC)c1ccc(C(=O)O)cc1)n1cnc(C(c2ccccc2)(c2ccccc2)c2ccccc2)c1. The molecule has 5 aromatic rings. The van der Waals surface area contributed by atoms with Crippen molar-refractivity contribution in [2.24, 2.45) is 0 Å².